The maximum atomic E-state index is 12.2. The highest BCUT2D eigenvalue weighted by molar-refractivity contribution is 5.79. The van der Waals surface area contributed by atoms with Crippen LogP contribution in [0.3, 0.4) is 0 Å². The van der Waals surface area contributed by atoms with Crippen molar-refractivity contribution in [1.82, 2.24) is 19.4 Å². The molecule has 2 aromatic heterocycles. The Bertz CT molecular complexity index is 764. The summed E-state index contributed by atoms with van der Waals surface area (Å²) in [6, 6.07) is 0.309. The molecule has 1 aliphatic rings. The van der Waals surface area contributed by atoms with Gasteiger partial charge in [-0.3, -0.25) is 14.5 Å². The molecule has 5 heteroatoms. The predicted molar refractivity (Wildman–Crippen MR) is 84.4 cm³/mol. The van der Waals surface area contributed by atoms with Crippen LogP contribution in [0.1, 0.15) is 32.0 Å². The van der Waals surface area contributed by atoms with Crippen LogP contribution < -0.4 is 5.69 Å². The van der Waals surface area contributed by atoms with Crippen LogP contribution in [-0.4, -0.2) is 32.0 Å². The maximum Gasteiger partial charge on any atom is 0.326 e. The van der Waals surface area contributed by atoms with E-state index in [1.165, 1.54) is 5.57 Å². The number of imidazole rings is 1. The molecule has 112 valence electrons. The summed E-state index contributed by atoms with van der Waals surface area (Å²) < 4.78 is 1.87. The Morgan fingerprint density at radius 3 is 3.00 bits per heavy atom. The molecule has 0 aromatic carbocycles. The minimum absolute atomic E-state index is 0.0328. The molecule has 1 aliphatic heterocycles. The predicted octanol–water partition coefficient (Wildman–Crippen LogP) is 2.20. The normalized spacial score (nSPS) is 18.8. The first-order valence-corrected chi connectivity index (χ1v) is 7.41. The van der Waals surface area contributed by atoms with Crippen molar-refractivity contribution in [1.29, 1.82) is 0 Å². The van der Waals surface area contributed by atoms with Crippen molar-refractivity contribution < 1.29 is 0 Å². The smallest absolute Gasteiger partial charge is 0.304 e. The zero-order valence-corrected chi connectivity index (χ0v) is 13.1. The van der Waals surface area contributed by atoms with E-state index in [2.05, 4.69) is 41.7 Å². The number of aromatic nitrogens is 3. The molecule has 21 heavy (non-hydrogen) atoms. The Hall–Kier alpha value is -1.88. The highest BCUT2D eigenvalue weighted by Crippen LogP contribution is 2.24. The Balaban J connectivity index is 2.12. The summed E-state index contributed by atoms with van der Waals surface area (Å²) in [5.41, 5.74) is 5.33. The molecule has 0 saturated carbocycles. The van der Waals surface area contributed by atoms with Gasteiger partial charge in [0.2, 0.25) is 0 Å². The minimum atomic E-state index is -0.0328. The third-order valence-corrected chi connectivity index (χ3v) is 4.29. The van der Waals surface area contributed by atoms with Crippen LogP contribution in [0.4, 0.5) is 0 Å². The van der Waals surface area contributed by atoms with Crippen molar-refractivity contribution in [2.45, 2.75) is 46.8 Å². The zero-order chi connectivity index (χ0) is 15.1. The third-order valence-electron chi connectivity index (χ3n) is 4.29. The van der Waals surface area contributed by atoms with E-state index in [1.54, 1.807) is 6.20 Å². The van der Waals surface area contributed by atoms with Gasteiger partial charge in [-0.25, -0.2) is 4.79 Å². The number of nitrogens with zero attached hydrogens (tertiary/aromatic N) is 3. The molecule has 1 N–H and O–H groups in total. The number of aryl methyl sites for hydroxylation is 1. The molecular formula is C16H22N4O. The van der Waals surface area contributed by atoms with Crippen molar-refractivity contribution in [3.63, 3.8) is 0 Å². The summed E-state index contributed by atoms with van der Waals surface area (Å²) >= 11 is 0. The van der Waals surface area contributed by atoms with Crippen LogP contribution >= 0.6 is 0 Å². The van der Waals surface area contributed by atoms with Gasteiger partial charge in [0.05, 0.1) is 17.2 Å². The first-order chi connectivity index (χ1) is 9.97. The van der Waals surface area contributed by atoms with E-state index in [0.29, 0.717) is 12.6 Å². The van der Waals surface area contributed by atoms with Gasteiger partial charge in [0.15, 0.2) is 0 Å². The molecule has 3 heterocycles. The first kappa shape index (κ1) is 14.1. The van der Waals surface area contributed by atoms with Crippen LogP contribution in [0.5, 0.6) is 0 Å². The lowest BCUT2D eigenvalue weighted by Crippen LogP contribution is -2.36. The van der Waals surface area contributed by atoms with E-state index in [4.69, 9.17) is 0 Å². The summed E-state index contributed by atoms with van der Waals surface area (Å²) in [5, 5.41) is 0. The summed E-state index contributed by atoms with van der Waals surface area (Å²) in [6.07, 6.45) is 4.01. The summed E-state index contributed by atoms with van der Waals surface area (Å²) in [6.45, 7) is 10.9. The lowest BCUT2D eigenvalue weighted by Gasteiger charge is -2.26. The number of aromatic amines is 1. The fourth-order valence-corrected chi connectivity index (χ4v) is 2.96. The second kappa shape index (κ2) is 5.15. The van der Waals surface area contributed by atoms with E-state index in [0.717, 1.165) is 35.4 Å². The molecule has 1 unspecified atom stereocenters. The summed E-state index contributed by atoms with van der Waals surface area (Å²) in [5.74, 6) is 0. The van der Waals surface area contributed by atoms with Crippen LogP contribution in [0.15, 0.2) is 22.6 Å². The monoisotopic (exact) mass is 286 g/mol. The number of allylic oxidation sites excluding steroid dienone is 1. The highest BCUT2D eigenvalue weighted by Gasteiger charge is 2.24. The molecule has 0 spiro atoms. The fraction of sp³-hybridized carbons (Fsp3) is 0.500. The van der Waals surface area contributed by atoms with Gasteiger partial charge < -0.3 is 4.98 Å². The Labute approximate surface area is 124 Å². The van der Waals surface area contributed by atoms with Crippen molar-refractivity contribution in [2.75, 3.05) is 6.54 Å². The number of H-pyrrole nitrogens is 1. The van der Waals surface area contributed by atoms with Gasteiger partial charge in [-0.2, -0.15) is 0 Å². The average molecular weight is 286 g/mol. The molecule has 0 saturated heterocycles. The maximum absolute atomic E-state index is 12.2. The van der Waals surface area contributed by atoms with Gasteiger partial charge >= 0.3 is 5.69 Å². The van der Waals surface area contributed by atoms with Gasteiger partial charge in [-0.15, -0.1) is 0 Å². The van der Waals surface area contributed by atoms with Crippen LogP contribution in [0, 0.1) is 6.92 Å². The van der Waals surface area contributed by atoms with Crippen LogP contribution in [0.2, 0.25) is 0 Å². The summed E-state index contributed by atoms with van der Waals surface area (Å²) in [7, 11) is 0. The van der Waals surface area contributed by atoms with Crippen molar-refractivity contribution in [2.24, 2.45) is 0 Å². The lowest BCUT2D eigenvalue weighted by molar-refractivity contribution is 0.209. The molecular weight excluding hydrogens is 264 g/mol. The third kappa shape index (κ3) is 2.42. The second-order valence-corrected chi connectivity index (χ2v) is 6.19. The molecule has 0 amide bonds. The highest BCUT2D eigenvalue weighted by atomic mass is 16.1. The molecule has 2 aromatic rings. The molecule has 0 bridgehead atoms. The van der Waals surface area contributed by atoms with Crippen LogP contribution in [-0.2, 0) is 13.1 Å². The van der Waals surface area contributed by atoms with Crippen LogP contribution in [0.25, 0.3) is 11.0 Å². The second-order valence-electron chi connectivity index (χ2n) is 6.19. The van der Waals surface area contributed by atoms with Gasteiger partial charge in [0.1, 0.15) is 0 Å². The van der Waals surface area contributed by atoms with Gasteiger partial charge in [0, 0.05) is 36.9 Å². The van der Waals surface area contributed by atoms with E-state index in [-0.39, 0.29) is 5.69 Å². The number of hydrogen-bond acceptors (Lipinski definition) is 3. The van der Waals surface area contributed by atoms with Crippen molar-refractivity contribution in [3.8, 4) is 0 Å². The largest absolute Gasteiger partial charge is 0.326 e. The van der Waals surface area contributed by atoms with E-state index >= 15 is 0 Å². The number of nitrogens with one attached hydrogen (secondary N) is 1. The average Bonchev–Trinajstić information content (AvgIpc) is 2.64. The van der Waals surface area contributed by atoms with Gasteiger partial charge in [-0.05, 0) is 27.7 Å². The Morgan fingerprint density at radius 2 is 2.29 bits per heavy atom. The van der Waals surface area contributed by atoms with Gasteiger partial charge in [-0.1, -0.05) is 11.6 Å². The Morgan fingerprint density at radius 1 is 1.52 bits per heavy atom. The van der Waals surface area contributed by atoms with Crippen molar-refractivity contribution in [3.05, 3.63) is 39.6 Å². The van der Waals surface area contributed by atoms with E-state index in [9.17, 15) is 4.79 Å². The molecule has 1 atom stereocenters. The number of hydrogen-bond donors (Lipinski definition) is 1. The lowest BCUT2D eigenvalue weighted by atomic mass is 10.1. The topological polar surface area (TPSA) is 53.9 Å². The first-order valence-electron chi connectivity index (χ1n) is 7.41. The molecule has 3 rings (SSSR count). The molecule has 0 aliphatic carbocycles. The minimum Gasteiger partial charge on any atom is -0.304 e. The van der Waals surface area contributed by atoms with E-state index in [1.807, 2.05) is 11.5 Å². The SMILES string of the molecule is CC(C)=CCN1Cc2c(C)ncc3[nH]c(=O)n(c23)CC1C. The quantitative estimate of drug-likeness (QED) is 0.861. The van der Waals surface area contributed by atoms with Gasteiger partial charge in [0.25, 0.3) is 0 Å². The fourth-order valence-electron chi connectivity index (χ4n) is 2.96. The number of rotatable bonds is 2. The number of pyridine rings is 1. The zero-order valence-electron chi connectivity index (χ0n) is 13.1. The standard InChI is InChI=1S/C16H22N4O/c1-10(2)5-6-19-9-13-12(4)17-7-14-15(13)20(8-11(19)3)16(21)18-14/h5,7,11H,6,8-9H2,1-4H3,(H,18,21). The summed E-state index contributed by atoms with van der Waals surface area (Å²) in [4.78, 5) is 21.9. The Kier molecular flexibility index (Phi) is 3.45. The molecule has 0 fully saturated rings. The molecule has 5 nitrogen and oxygen atoms in total. The van der Waals surface area contributed by atoms with E-state index < -0.39 is 0 Å². The van der Waals surface area contributed by atoms with Crippen molar-refractivity contribution >= 4 is 11.0 Å². The molecule has 0 radical (unpaired) electrons.